The van der Waals surface area contributed by atoms with E-state index < -0.39 is 5.97 Å². The van der Waals surface area contributed by atoms with Crippen LogP contribution in [0.25, 0.3) is 0 Å². The Balaban J connectivity index is 2.24. The van der Waals surface area contributed by atoms with Crippen LogP contribution in [0.5, 0.6) is 0 Å². The number of carboxylic acids is 1. The maximum absolute atomic E-state index is 11.1. The Morgan fingerprint density at radius 2 is 2.21 bits per heavy atom. The zero-order chi connectivity index (χ0) is 13.8. The van der Waals surface area contributed by atoms with Crippen molar-refractivity contribution in [2.75, 3.05) is 5.32 Å². The lowest BCUT2D eigenvalue weighted by atomic mass is 10.1. The Labute approximate surface area is 116 Å². The highest BCUT2D eigenvalue weighted by atomic mass is 35.5. The van der Waals surface area contributed by atoms with Crippen LogP contribution in [0.4, 0.5) is 5.69 Å². The van der Waals surface area contributed by atoms with Gasteiger partial charge in [0.15, 0.2) is 0 Å². The third kappa shape index (κ3) is 3.23. The number of halogens is 1. The molecular weight excluding hydrogens is 264 g/mol. The number of pyridine rings is 1. The number of anilines is 1. The maximum atomic E-state index is 11.1. The largest absolute Gasteiger partial charge is 0.478 e. The van der Waals surface area contributed by atoms with Crippen LogP contribution in [0.15, 0.2) is 42.7 Å². The van der Waals surface area contributed by atoms with Crippen LogP contribution < -0.4 is 5.32 Å². The van der Waals surface area contributed by atoms with E-state index in [9.17, 15) is 4.79 Å². The minimum absolute atomic E-state index is 0.0563. The molecule has 5 heteroatoms. The summed E-state index contributed by atoms with van der Waals surface area (Å²) in [6, 6.07) is 9.03. The Morgan fingerprint density at radius 1 is 1.42 bits per heavy atom. The normalized spacial score (nSPS) is 11.9. The van der Waals surface area contributed by atoms with Gasteiger partial charge in [-0.15, -0.1) is 0 Å². The standard InChI is InChI=1S/C14H13ClN2O2/c1-9(10-3-2-4-11(15)7-10)17-13-5-6-16-8-12(13)14(18)19/h2-9H,1H3,(H,16,17)(H,18,19). The average molecular weight is 277 g/mol. The third-order valence-electron chi connectivity index (χ3n) is 2.77. The molecule has 0 saturated carbocycles. The fourth-order valence-corrected chi connectivity index (χ4v) is 1.98. The van der Waals surface area contributed by atoms with Gasteiger partial charge in [0.05, 0.1) is 5.69 Å². The maximum Gasteiger partial charge on any atom is 0.339 e. The first-order valence-electron chi connectivity index (χ1n) is 5.77. The number of hydrogen-bond acceptors (Lipinski definition) is 3. The minimum atomic E-state index is -1.01. The van der Waals surface area contributed by atoms with Gasteiger partial charge in [-0.3, -0.25) is 4.98 Å². The molecule has 1 atom stereocenters. The van der Waals surface area contributed by atoms with E-state index in [0.29, 0.717) is 10.7 Å². The highest BCUT2D eigenvalue weighted by Crippen LogP contribution is 2.23. The molecule has 1 aromatic heterocycles. The van der Waals surface area contributed by atoms with Crippen molar-refractivity contribution < 1.29 is 9.90 Å². The van der Waals surface area contributed by atoms with E-state index in [4.69, 9.17) is 16.7 Å². The molecule has 1 unspecified atom stereocenters. The molecule has 2 rings (SSSR count). The topological polar surface area (TPSA) is 62.2 Å². The number of aromatic carboxylic acids is 1. The predicted molar refractivity (Wildman–Crippen MR) is 74.7 cm³/mol. The van der Waals surface area contributed by atoms with Gasteiger partial charge in [-0.1, -0.05) is 23.7 Å². The molecule has 0 bridgehead atoms. The van der Waals surface area contributed by atoms with Crippen molar-refractivity contribution in [3.63, 3.8) is 0 Å². The van der Waals surface area contributed by atoms with Gasteiger partial charge in [-0.25, -0.2) is 4.79 Å². The fraction of sp³-hybridized carbons (Fsp3) is 0.143. The molecule has 0 saturated heterocycles. The number of carboxylic acid groups (broad SMARTS) is 1. The number of benzene rings is 1. The number of nitrogens with zero attached hydrogens (tertiary/aromatic N) is 1. The zero-order valence-corrected chi connectivity index (χ0v) is 11.1. The number of aromatic nitrogens is 1. The van der Waals surface area contributed by atoms with E-state index in [1.807, 2.05) is 25.1 Å². The molecular formula is C14H13ClN2O2. The molecule has 0 spiro atoms. The summed E-state index contributed by atoms with van der Waals surface area (Å²) in [5.41, 5.74) is 1.67. The molecule has 0 radical (unpaired) electrons. The molecule has 2 N–H and O–H groups in total. The number of rotatable bonds is 4. The van der Waals surface area contributed by atoms with E-state index in [0.717, 1.165) is 5.56 Å². The molecule has 98 valence electrons. The SMILES string of the molecule is CC(Nc1ccncc1C(=O)O)c1cccc(Cl)c1. The fourth-order valence-electron chi connectivity index (χ4n) is 1.78. The van der Waals surface area contributed by atoms with E-state index in [2.05, 4.69) is 10.3 Å². The summed E-state index contributed by atoms with van der Waals surface area (Å²) in [6.07, 6.45) is 2.88. The summed E-state index contributed by atoms with van der Waals surface area (Å²) in [7, 11) is 0. The van der Waals surface area contributed by atoms with E-state index >= 15 is 0 Å². The van der Waals surface area contributed by atoms with Crippen LogP contribution in [0.2, 0.25) is 5.02 Å². The molecule has 19 heavy (non-hydrogen) atoms. The quantitative estimate of drug-likeness (QED) is 0.895. The zero-order valence-electron chi connectivity index (χ0n) is 10.3. The van der Waals surface area contributed by atoms with Crippen LogP contribution >= 0.6 is 11.6 Å². The lowest BCUT2D eigenvalue weighted by molar-refractivity contribution is 0.0697. The van der Waals surface area contributed by atoms with Crippen LogP contribution in [0.1, 0.15) is 28.9 Å². The highest BCUT2D eigenvalue weighted by Gasteiger charge is 2.12. The molecule has 0 aliphatic heterocycles. The number of hydrogen-bond donors (Lipinski definition) is 2. The Hall–Kier alpha value is -2.07. The van der Waals surface area contributed by atoms with Crippen molar-refractivity contribution in [1.29, 1.82) is 0 Å². The van der Waals surface area contributed by atoms with Gasteiger partial charge in [0, 0.05) is 23.5 Å². The number of carbonyl (C=O) groups is 1. The molecule has 0 aliphatic rings. The number of nitrogens with one attached hydrogen (secondary N) is 1. The Morgan fingerprint density at radius 3 is 2.89 bits per heavy atom. The van der Waals surface area contributed by atoms with Crippen LogP contribution in [-0.4, -0.2) is 16.1 Å². The molecule has 2 aromatic rings. The van der Waals surface area contributed by atoms with Gasteiger partial charge in [-0.05, 0) is 30.7 Å². The third-order valence-corrected chi connectivity index (χ3v) is 3.01. The van der Waals surface area contributed by atoms with Gasteiger partial charge < -0.3 is 10.4 Å². The summed E-state index contributed by atoms with van der Waals surface area (Å²) < 4.78 is 0. The lowest BCUT2D eigenvalue weighted by Crippen LogP contribution is -2.11. The summed E-state index contributed by atoms with van der Waals surface area (Å²) in [5.74, 6) is -1.01. The van der Waals surface area contributed by atoms with Gasteiger partial charge in [0.1, 0.15) is 5.56 Å². The van der Waals surface area contributed by atoms with Gasteiger partial charge in [0.25, 0.3) is 0 Å². The Kier molecular flexibility index (Phi) is 4.02. The predicted octanol–water partition coefficient (Wildman–Crippen LogP) is 3.61. The second-order valence-corrected chi connectivity index (χ2v) is 4.58. The van der Waals surface area contributed by atoms with Crippen molar-refractivity contribution in [3.05, 3.63) is 58.9 Å². The van der Waals surface area contributed by atoms with E-state index in [1.165, 1.54) is 6.20 Å². The van der Waals surface area contributed by atoms with Crippen LogP contribution in [0, 0.1) is 0 Å². The highest BCUT2D eigenvalue weighted by molar-refractivity contribution is 6.30. The first-order chi connectivity index (χ1) is 9.08. The average Bonchev–Trinajstić information content (AvgIpc) is 2.39. The van der Waals surface area contributed by atoms with Gasteiger partial charge >= 0.3 is 5.97 Å². The van der Waals surface area contributed by atoms with Crippen molar-refractivity contribution >= 4 is 23.3 Å². The second kappa shape index (κ2) is 5.71. The smallest absolute Gasteiger partial charge is 0.339 e. The first kappa shape index (κ1) is 13.4. The first-order valence-corrected chi connectivity index (χ1v) is 6.15. The molecule has 4 nitrogen and oxygen atoms in total. The monoisotopic (exact) mass is 276 g/mol. The van der Waals surface area contributed by atoms with Crippen molar-refractivity contribution in [3.8, 4) is 0 Å². The summed E-state index contributed by atoms with van der Waals surface area (Å²) >= 11 is 5.94. The lowest BCUT2D eigenvalue weighted by Gasteiger charge is -2.17. The second-order valence-electron chi connectivity index (χ2n) is 4.15. The molecule has 1 aromatic carbocycles. The van der Waals surface area contributed by atoms with Crippen LogP contribution in [-0.2, 0) is 0 Å². The van der Waals surface area contributed by atoms with Crippen molar-refractivity contribution in [2.45, 2.75) is 13.0 Å². The van der Waals surface area contributed by atoms with Crippen LogP contribution in [0.3, 0.4) is 0 Å². The summed E-state index contributed by atoms with van der Waals surface area (Å²) in [4.78, 5) is 14.9. The van der Waals surface area contributed by atoms with Crippen molar-refractivity contribution in [1.82, 2.24) is 4.98 Å². The van der Waals surface area contributed by atoms with E-state index in [-0.39, 0.29) is 11.6 Å². The molecule has 0 fully saturated rings. The molecule has 1 heterocycles. The van der Waals surface area contributed by atoms with E-state index in [1.54, 1.807) is 18.3 Å². The molecule has 0 aliphatic carbocycles. The Bertz CT molecular complexity index is 602. The summed E-state index contributed by atoms with van der Waals surface area (Å²) in [5, 5.41) is 12.9. The van der Waals surface area contributed by atoms with Gasteiger partial charge in [0.2, 0.25) is 0 Å². The van der Waals surface area contributed by atoms with Gasteiger partial charge in [-0.2, -0.15) is 0 Å². The molecule has 0 amide bonds. The minimum Gasteiger partial charge on any atom is -0.478 e. The summed E-state index contributed by atoms with van der Waals surface area (Å²) in [6.45, 7) is 1.94. The van der Waals surface area contributed by atoms with Crippen molar-refractivity contribution in [2.24, 2.45) is 0 Å².